The highest BCUT2D eigenvalue weighted by molar-refractivity contribution is 5.96. The Labute approximate surface area is 99.2 Å². The fourth-order valence-corrected chi connectivity index (χ4v) is 1.40. The number of halogens is 2. The van der Waals surface area contributed by atoms with Gasteiger partial charge in [0.05, 0.1) is 11.1 Å². The number of hydrogen-bond donors (Lipinski definition) is 1. The summed E-state index contributed by atoms with van der Waals surface area (Å²) in [6.07, 6.45) is 0. The molecule has 0 aliphatic rings. The maximum atomic E-state index is 13.5. The lowest BCUT2D eigenvalue weighted by molar-refractivity contribution is -0.125. The molecule has 1 aromatic rings. The molecule has 5 heteroatoms. The molecule has 0 atom stereocenters. The Morgan fingerprint density at radius 1 is 1.41 bits per heavy atom. The van der Waals surface area contributed by atoms with Gasteiger partial charge in [-0.2, -0.15) is 0 Å². The van der Waals surface area contributed by atoms with Crippen molar-refractivity contribution in [1.82, 2.24) is 0 Å². The molecule has 0 heterocycles. The molecular formula is C12H16F2N2O. The van der Waals surface area contributed by atoms with Crippen LogP contribution < -0.4 is 10.6 Å². The fraction of sp³-hybridized carbons (Fsp3) is 0.417. The van der Waals surface area contributed by atoms with Gasteiger partial charge in [-0.15, -0.1) is 0 Å². The van der Waals surface area contributed by atoms with Gasteiger partial charge in [-0.1, -0.05) is 0 Å². The highest BCUT2D eigenvalue weighted by atomic mass is 19.1. The molecule has 0 saturated carbocycles. The Bertz CT molecular complexity index is 433. The van der Waals surface area contributed by atoms with Crippen LogP contribution in [0.3, 0.4) is 0 Å². The van der Waals surface area contributed by atoms with Crippen LogP contribution in [0.4, 0.5) is 14.5 Å². The Morgan fingerprint density at radius 2 is 2.00 bits per heavy atom. The number of carbonyl (C=O) groups excluding carboxylic acids is 1. The van der Waals surface area contributed by atoms with E-state index in [0.29, 0.717) is 0 Å². The number of amides is 1. The molecule has 0 saturated heterocycles. The minimum Gasteiger partial charge on any atom is -0.329 e. The fourth-order valence-electron chi connectivity index (χ4n) is 1.40. The number of rotatable bonds is 3. The average Bonchev–Trinajstić information content (AvgIpc) is 2.27. The van der Waals surface area contributed by atoms with E-state index in [0.717, 1.165) is 17.0 Å². The zero-order valence-electron chi connectivity index (χ0n) is 10.1. The van der Waals surface area contributed by atoms with Crippen molar-refractivity contribution in [2.24, 2.45) is 11.1 Å². The lowest BCUT2D eigenvalue weighted by Crippen LogP contribution is -2.43. The molecule has 0 spiro atoms. The molecule has 1 rings (SSSR count). The SMILES string of the molecule is CN(C(=O)C(C)(C)CN)c1ccc(F)cc1F. The van der Waals surface area contributed by atoms with Crippen LogP contribution in [0.1, 0.15) is 13.8 Å². The van der Waals surface area contributed by atoms with Crippen molar-refractivity contribution in [2.75, 3.05) is 18.5 Å². The van der Waals surface area contributed by atoms with Crippen molar-refractivity contribution in [3.05, 3.63) is 29.8 Å². The number of hydrogen-bond acceptors (Lipinski definition) is 2. The summed E-state index contributed by atoms with van der Waals surface area (Å²) in [4.78, 5) is 13.2. The number of benzene rings is 1. The highest BCUT2D eigenvalue weighted by Crippen LogP contribution is 2.24. The van der Waals surface area contributed by atoms with Crippen LogP contribution in [0.25, 0.3) is 0 Å². The van der Waals surface area contributed by atoms with Gasteiger partial charge >= 0.3 is 0 Å². The lowest BCUT2D eigenvalue weighted by Gasteiger charge is -2.28. The number of nitrogens with zero attached hydrogens (tertiary/aromatic N) is 1. The topological polar surface area (TPSA) is 46.3 Å². The molecule has 2 N–H and O–H groups in total. The zero-order chi connectivity index (χ0) is 13.2. The molecule has 0 aliphatic carbocycles. The van der Waals surface area contributed by atoms with E-state index >= 15 is 0 Å². The molecule has 0 aliphatic heterocycles. The van der Waals surface area contributed by atoms with Gasteiger partial charge in [0.2, 0.25) is 5.91 Å². The quantitative estimate of drug-likeness (QED) is 0.880. The molecule has 0 aromatic heterocycles. The third kappa shape index (κ3) is 2.79. The molecule has 1 amide bonds. The monoisotopic (exact) mass is 242 g/mol. The summed E-state index contributed by atoms with van der Waals surface area (Å²) in [5.41, 5.74) is 4.74. The van der Waals surface area contributed by atoms with Crippen molar-refractivity contribution >= 4 is 11.6 Å². The third-order valence-corrected chi connectivity index (χ3v) is 2.66. The predicted molar refractivity (Wildman–Crippen MR) is 62.6 cm³/mol. The van der Waals surface area contributed by atoms with Crippen molar-refractivity contribution in [2.45, 2.75) is 13.8 Å². The molecular weight excluding hydrogens is 226 g/mol. The van der Waals surface area contributed by atoms with Crippen LogP contribution in [0.2, 0.25) is 0 Å². The van der Waals surface area contributed by atoms with Crippen LogP contribution in [-0.2, 0) is 4.79 Å². The summed E-state index contributed by atoms with van der Waals surface area (Å²) in [6, 6.07) is 3.08. The Hall–Kier alpha value is -1.49. The van der Waals surface area contributed by atoms with E-state index in [1.807, 2.05) is 0 Å². The van der Waals surface area contributed by atoms with Crippen molar-refractivity contribution in [3.63, 3.8) is 0 Å². The van der Waals surface area contributed by atoms with Crippen LogP contribution in [0.5, 0.6) is 0 Å². The average molecular weight is 242 g/mol. The maximum Gasteiger partial charge on any atom is 0.233 e. The predicted octanol–water partition coefficient (Wildman–Crippen LogP) is 1.91. The minimum absolute atomic E-state index is 0.0397. The second-order valence-electron chi connectivity index (χ2n) is 4.55. The van der Waals surface area contributed by atoms with E-state index in [1.54, 1.807) is 13.8 Å². The number of nitrogens with two attached hydrogens (primary N) is 1. The van der Waals surface area contributed by atoms with Gasteiger partial charge in [-0.05, 0) is 26.0 Å². The van der Waals surface area contributed by atoms with Crippen molar-refractivity contribution in [1.29, 1.82) is 0 Å². The summed E-state index contributed by atoms with van der Waals surface area (Å²) in [5.74, 6) is -1.76. The lowest BCUT2D eigenvalue weighted by atomic mass is 9.92. The Kier molecular flexibility index (Phi) is 3.83. The van der Waals surface area contributed by atoms with Gasteiger partial charge in [0, 0.05) is 19.7 Å². The molecule has 3 nitrogen and oxygen atoms in total. The first-order chi connectivity index (χ1) is 7.79. The third-order valence-electron chi connectivity index (χ3n) is 2.66. The van der Waals surface area contributed by atoms with E-state index in [1.165, 1.54) is 13.1 Å². The number of carbonyl (C=O) groups is 1. The first kappa shape index (κ1) is 13.6. The highest BCUT2D eigenvalue weighted by Gasteiger charge is 2.30. The summed E-state index contributed by atoms with van der Waals surface area (Å²) in [7, 11) is 1.44. The summed E-state index contributed by atoms with van der Waals surface area (Å²) in [5, 5.41) is 0. The van der Waals surface area contributed by atoms with Gasteiger partial charge in [0.15, 0.2) is 0 Å². The first-order valence-electron chi connectivity index (χ1n) is 5.23. The molecule has 17 heavy (non-hydrogen) atoms. The summed E-state index contributed by atoms with van der Waals surface area (Å²) in [6.45, 7) is 3.50. The van der Waals surface area contributed by atoms with E-state index in [4.69, 9.17) is 5.73 Å². The minimum atomic E-state index is -0.782. The van der Waals surface area contributed by atoms with E-state index in [-0.39, 0.29) is 18.1 Å². The van der Waals surface area contributed by atoms with Crippen LogP contribution in [0, 0.1) is 17.0 Å². The van der Waals surface area contributed by atoms with Crippen molar-refractivity contribution in [3.8, 4) is 0 Å². The standard InChI is InChI=1S/C12H16F2N2O/c1-12(2,7-15)11(17)16(3)10-5-4-8(13)6-9(10)14/h4-6H,7,15H2,1-3H3. The second kappa shape index (κ2) is 4.79. The largest absolute Gasteiger partial charge is 0.329 e. The van der Waals surface area contributed by atoms with Crippen LogP contribution in [-0.4, -0.2) is 19.5 Å². The van der Waals surface area contributed by atoms with Crippen LogP contribution >= 0.6 is 0 Å². The Morgan fingerprint density at radius 3 is 2.47 bits per heavy atom. The molecule has 0 radical (unpaired) electrons. The van der Waals surface area contributed by atoms with E-state index < -0.39 is 17.0 Å². The van der Waals surface area contributed by atoms with Gasteiger partial charge in [0.25, 0.3) is 0 Å². The van der Waals surface area contributed by atoms with E-state index in [9.17, 15) is 13.6 Å². The Balaban J connectivity index is 3.05. The van der Waals surface area contributed by atoms with Gasteiger partial charge < -0.3 is 10.6 Å². The summed E-state index contributed by atoms with van der Waals surface area (Å²) >= 11 is 0. The smallest absolute Gasteiger partial charge is 0.233 e. The van der Waals surface area contributed by atoms with Crippen molar-refractivity contribution < 1.29 is 13.6 Å². The van der Waals surface area contributed by atoms with Gasteiger partial charge in [-0.3, -0.25) is 4.79 Å². The molecule has 0 fully saturated rings. The van der Waals surface area contributed by atoms with Gasteiger partial charge in [0.1, 0.15) is 11.6 Å². The van der Waals surface area contributed by atoms with Crippen LogP contribution in [0.15, 0.2) is 18.2 Å². The molecule has 94 valence electrons. The molecule has 0 unspecified atom stereocenters. The normalized spacial score (nSPS) is 11.4. The molecule has 1 aromatic carbocycles. The first-order valence-corrected chi connectivity index (χ1v) is 5.23. The second-order valence-corrected chi connectivity index (χ2v) is 4.55. The summed E-state index contributed by atoms with van der Waals surface area (Å²) < 4.78 is 26.2. The maximum absolute atomic E-state index is 13.5. The molecule has 0 bridgehead atoms. The van der Waals surface area contributed by atoms with E-state index in [2.05, 4.69) is 0 Å². The van der Waals surface area contributed by atoms with Gasteiger partial charge in [-0.25, -0.2) is 8.78 Å². The number of anilines is 1. The zero-order valence-corrected chi connectivity index (χ0v) is 10.1.